The van der Waals surface area contributed by atoms with E-state index in [2.05, 4.69) is 4.98 Å². The van der Waals surface area contributed by atoms with Crippen LogP contribution in [0.15, 0.2) is 42.1 Å². The standard InChI is InChI=1S/C19H22N2O4/c1-3-17-20-12-16(21(17)13-14-8-6-5-7-9-14)10-15(11-18(22)23)19(24)25-4-2/h5-10,12H,3-4,11,13H2,1-2H3,(H,22,23). The minimum Gasteiger partial charge on any atom is -0.481 e. The lowest BCUT2D eigenvalue weighted by atomic mass is 10.1. The molecule has 1 N–H and O–H groups in total. The van der Waals surface area contributed by atoms with Gasteiger partial charge in [0.1, 0.15) is 5.82 Å². The van der Waals surface area contributed by atoms with Crippen LogP contribution in [-0.4, -0.2) is 33.2 Å². The highest BCUT2D eigenvalue weighted by atomic mass is 16.5. The maximum Gasteiger partial charge on any atom is 0.334 e. The van der Waals surface area contributed by atoms with E-state index in [9.17, 15) is 9.59 Å². The first-order valence-corrected chi connectivity index (χ1v) is 8.23. The fraction of sp³-hybridized carbons (Fsp3) is 0.316. The molecule has 6 nitrogen and oxygen atoms in total. The van der Waals surface area contributed by atoms with Crippen LogP contribution in [0.25, 0.3) is 6.08 Å². The van der Waals surface area contributed by atoms with Crippen molar-refractivity contribution in [3.8, 4) is 0 Å². The summed E-state index contributed by atoms with van der Waals surface area (Å²) in [4.78, 5) is 27.5. The Balaban J connectivity index is 2.40. The monoisotopic (exact) mass is 342 g/mol. The molecule has 0 atom stereocenters. The van der Waals surface area contributed by atoms with Gasteiger partial charge in [-0.05, 0) is 18.6 Å². The van der Waals surface area contributed by atoms with Crippen molar-refractivity contribution in [3.63, 3.8) is 0 Å². The van der Waals surface area contributed by atoms with Crippen molar-refractivity contribution in [1.82, 2.24) is 9.55 Å². The third-order valence-electron chi connectivity index (χ3n) is 3.67. The summed E-state index contributed by atoms with van der Waals surface area (Å²) in [6.07, 6.45) is 3.55. The van der Waals surface area contributed by atoms with E-state index >= 15 is 0 Å². The molecular formula is C19H22N2O4. The zero-order valence-electron chi connectivity index (χ0n) is 14.4. The number of aromatic nitrogens is 2. The Labute approximate surface area is 146 Å². The quantitative estimate of drug-likeness (QED) is 0.589. The van der Waals surface area contributed by atoms with E-state index in [1.807, 2.05) is 41.8 Å². The lowest BCUT2D eigenvalue weighted by Crippen LogP contribution is -2.12. The van der Waals surface area contributed by atoms with Crippen molar-refractivity contribution in [2.24, 2.45) is 0 Å². The SMILES string of the molecule is CCOC(=O)C(=Cc1cnc(CC)n1Cc1ccccc1)CC(=O)O. The van der Waals surface area contributed by atoms with Crippen LogP contribution >= 0.6 is 0 Å². The number of ether oxygens (including phenoxy) is 1. The molecule has 0 radical (unpaired) electrons. The molecule has 0 fully saturated rings. The summed E-state index contributed by atoms with van der Waals surface area (Å²) in [7, 11) is 0. The molecule has 0 saturated carbocycles. The smallest absolute Gasteiger partial charge is 0.334 e. The van der Waals surface area contributed by atoms with E-state index in [1.54, 1.807) is 19.2 Å². The van der Waals surface area contributed by atoms with Crippen molar-refractivity contribution in [2.75, 3.05) is 6.61 Å². The van der Waals surface area contributed by atoms with Crippen LogP contribution in [-0.2, 0) is 27.3 Å². The molecule has 0 aliphatic carbocycles. The zero-order valence-corrected chi connectivity index (χ0v) is 14.4. The van der Waals surface area contributed by atoms with Gasteiger partial charge in [-0.2, -0.15) is 0 Å². The fourth-order valence-corrected chi connectivity index (χ4v) is 2.52. The number of carboxylic acids is 1. The molecule has 0 saturated heterocycles. The van der Waals surface area contributed by atoms with Gasteiger partial charge in [0.05, 0.1) is 30.5 Å². The number of benzene rings is 1. The Bertz CT molecular complexity index is 763. The summed E-state index contributed by atoms with van der Waals surface area (Å²) in [5.41, 5.74) is 1.89. The Hall–Kier alpha value is -2.89. The lowest BCUT2D eigenvalue weighted by molar-refractivity contribution is -0.142. The van der Waals surface area contributed by atoms with Gasteiger partial charge in [-0.1, -0.05) is 37.3 Å². The van der Waals surface area contributed by atoms with Crippen LogP contribution in [0.5, 0.6) is 0 Å². The number of esters is 1. The van der Waals surface area contributed by atoms with Gasteiger partial charge in [-0.3, -0.25) is 4.79 Å². The lowest BCUT2D eigenvalue weighted by Gasteiger charge is -2.11. The van der Waals surface area contributed by atoms with E-state index in [0.717, 1.165) is 17.8 Å². The molecule has 1 heterocycles. The summed E-state index contributed by atoms with van der Waals surface area (Å²) in [5, 5.41) is 9.06. The van der Waals surface area contributed by atoms with Crippen molar-refractivity contribution in [2.45, 2.75) is 33.2 Å². The average molecular weight is 342 g/mol. The largest absolute Gasteiger partial charge is 0.481 e. The minimum absolute atomic E-state index is 0.103. The third kappa shape index (κ3) is 5.04. The van der Waals surface area contributed by atoms with Crippen molar-refractivity contribution >= 4 is 18.0 Å². The highest BCUT2D eigenvalue weighted by Crippen LogP contribution is 2.16. The van der Waals surface area contributed by atoms with Crippen molar-refractivity contribution in [1.29, 1.82) is 0 Å². The van der Waals surface area contributed by atoms with Gasteiger partial charge in [-0.15, -0.1) is 0 Å². The average Bonchev–Trinajstić information content (AvgIpc) is 2.96. The first-order chi connectivity index (χ1) is 12.0. The van der Waals surface area contributed by atoms with Crippen LogP contribution < -0.4 is 0 Å². The molecular weight excluding hydrogens is 320 g/mol. The van der Waals surface area contributed by atoms with Crippen LogP contribution in [0.4, 0.5) is 0 Å². The Morgan fingerprint density at radius 1 is 1.24 bits per heavy atom. The number of aryl methyl sites for hydroxylation is 1. The second-order valence-electron chi connectivity index (χ2n) is 5.49. The van der Waals surface area contributed by atoms with E-state index in [1.165, 1.54) is 0 Å². The summed E-state index contributed by atoms with van der Waals surface area (Å²) in [5.74, 6) is -0.826. The summed E-state index contributed by atoms with van der Waals surface area (Å²) in [6, 6.07) is 9.89. The Kier molecular flexibility index (Phi) is 6.51. The highest BCUT2D eigenvalue weighted by Gasteiger charge is 2.17. The summed E-state index contributed by atoms with van der Waals surface area (Å²) >= 11 is 0. The molecule has 0 aliphatic rings. The molecule has 1 aromatic heterocycles. The second-order valence-corrected chi connectivity index (χ2v) is 5.49. The van der Waals surface area contributed by atoms with Crippen molar-refractivity contribution in [3.05, 3.63) is 59.2 Å². The molecule has 0 bridgehead atoms. The number of aliphatic carboxylic acids is 1. The minimum atomic E-state index is -1.08. The van der Waals surface area contributed by atoms with E-state index < -0.39 is 18.4 Å². The maximum atomic E-state index is 12.0. The Morgan fingerprint density at radius 3 is 2.56 bits per heavy atom. The van der Waals surface area contributed by atoms with E-state index in [4.69, 9.17) is 9.84 Å². The number of hydrogen-bond acceptors (Lipinski definition) is 4. The van der Waals surface area contributed by atoms with Gasteiger partial charge in [0.25, 0.3) is 0 Å². The van der Waals surface area contributed by atoms with Gasteiger partial charge >= 0.3 is 11.9 Å². The normalized spacial score (nSPS) is 11.4. The molecule has 0 spiro atoms. The van der Waals surface area contributed by atoms with Crippen LogP contribution in [0.3, 0.4) is 0 Å². The number of carbonyl (C=O) groups excluding carboxylic acids is 1. The topological polar surface area (TPSA) is 81.4 Å². The number of carbonyl (C=O) groups is 2. The van der Waals surface area contributed by atoms with Gasteiger partial charge in [0, 0.05) is 13.0 Å². The number of imidazole rings is 1. The zero-order chi connectivity index (χ0) is 18.2. The number of rotatable bonds is 8. The van der Waals surface area contributed by atoms with Gasteiger partial charge in [0.2, 0.25) is 0 Å². The van der Waals surface area contributed by atoms with E-state index in [-0.39, 0.29) is 12.2 Å². The molecule has 0 unspecified atom stereocenters. The first-order valence-electron chi connectivity index (χ1n) is 8.23. The van der Waals surface area contributed by atoms with Crippen molar-refractivity contribution < 1.29 is 19.4 Å². The molecule has 1 aromatic carbocycles. The number of carboxylic acid groups (broad SMARTS) is 1. The summed E-state index contributed by atoms with van der Waals surface area (Å²) < 4.78 is 6.95. The van der Waals surface area contributed by atoms with E-state index in [0.29, 0.717) is 12.2 Å². The number of hydrogen-bond donors (Lipinski definition) is 1. The van der Waals surface area contributed by atoms with Crippen LogP contribution in [0.1, 0.15) is 37.4 Å². The molecule has 0 amide bonds. The molecule has 2 rings (SSSR count). The molecule has 6 heteroatoms. The van der Waals surface area contributed by atoms with Crippen LogP contribution in [0, 0.1) is 0 Å². The second kappa shape index (κ2) is 8.82. The first kappa shape index (κ1) is 18.4. The molecule has 25 heavy (non-hydrogen) atoms. The van der Waals surface area contributed by atoms with Gasteiger partial charge in [0.15, 0.2) is 0 Å². The highest BCUT2D eigenvalue weighted by molar-refractivity contribution is 5.97. The maximum absolute atomic E-state index is 12.0. The summed E-state index contributed by atoms with van der Waals surface area (Å²) in [6.45, 7) is 4.48. The molecule has 2 aromatic rings. The number of nitrogens with zero attached hydrogens (tertiary/aromatic N) is 2. The third-order valence-corrected chi connectivity index (χ3v) is 3.67. The predicted octanol–water partition coefficient (Wildman–Crippen LogP) is 2.92. The van der Waals surface area contributed by atoms with Gasteiger partial charge < -0.3 is 14.4 Å². The Morgan fingerprint density at radius 2 is 1.96 bits per heavy atom. The fourth-order valence-electron chi connectivity index (χ4n) is 2.52. The molecule has 0 aliphatic heterocycles. The predicted molar refractivity (Wildman–Crippen MR) is 94.0 cm³/mol. The van der Waals surface area contributed by atoms with Gasteiger partial charge in [-0.25, -0.2) is 9.78 Å². The van der Waals surface area contributed by atoms with Crippen LogP contribution in [0.2, 0.25) is 0 Å². The molecule has 132 valence electrons.